The van der Waals surface area contributed by atoms with Crippen LogP contribution in [0.2, 0.25) is 0 Å². The summed E-state index contributed by atoms with van der Waals surface area (Å²) < 4.78 is 0. The second kappa shape index (κ2) is 4.19. The van der Waals surface area contributed by atoms with Crippen LogP contribution < -0.4 is 5.32 Å². The first-order chi connectivity index (χ1) is 6.49. The van der Waals surface area contributed by atoms with E-state index >= 15 is 0 Å². The standard InChI is InChI=1S/C8H10N2O3S/c1-4-6(3-7(12)13)10-8(14-4)9-5(2)11/h3H2,1-2H3,(H,12,13)(H,9,10,11). The highest BCUT2D eigenvalue weighted by molar-refractivity contribution is 7.15. The summed E-state index contributed by atoms with van der Waals surface area (Å²) >= 11 is 1.28. The molecule has 0 saturated carbocycles. The van der Waals surface area contributed by atoms with Gasteiger partial charge in [-0.25, -0.2) is 4.98 Å². The zero-order chi connectivity index (χ0) is 10.7. The van der Waals surface area contributed by atoms with E-state index in [1.807, 2.05) is 0 Å². The van der Waals surface area contributed by atoms with Gasteiger partial charge in [-0.15, -0.1) is 11.3 Å². The number of aliphatic carboxylic acids is 1. The number of aryl methyl sites for hydroxylation is 1. The summed E-state index contributed by atoms with van der Waals surface area (Å²) in [5.41, 5.74) is 0.506. The van der Waals surface area contributed by atoms with Gasteiger partial charge in [-0.1, -0.05) is 0 Å². The van der Waals surface area contributed by atoms with Gasteiger partial charge in [-0.2, -0.15) is 0 Å². The normalized spacial score (nSPS) is 9.86. The van der Waals surface area contributed by atoms with Gasteiger partial charge in [0.1, 0.15) is 0 Å². The number of anilines is 1. The van der Waals surface area contributed by atoms with Crippen LogP contribution in [-0.2, 0) is 16.0 Å². The highest BCUT2D eigenvalue weighted by atomic mass is 32.1. The first-order valence-electron chi connectivity index (χ1n) is 3.94. The topological polar surface area (TPSA) is 79.3 Å². The van der Waals surface area contributed by atoms with E-state index in [4.69, 9.17) is 5.11 Å². The van der Waals surface area contributed by atoms with Crippen LogP contribution in [0.25, 0.3) is 0 Å². The van der Waals surface area contributed by atoms with Gasteiger partial charge in [0.2, 0.25) is 5.91 Å². The predicted octanol–water partition coefficient (Wildman–Crippen LogP) is 1.04. The van der Waals surface area contributed by atoms with Gasteiger partial charge in [0.05, 0.1) is 12.1 Å². The summed E-state index contributed by atoms with van der Waals surface area (Å²) in [6.07, 6.45) is -0.109. The van der Waals surface area contributed by atoms with Crippen LogP contribution in [0.1, 0.15) is 17.5 Å². The lowest BCUT2D eigenvalue weighted by molar-refractivity contribution is -0.136. The average molecular weight is 214 g/mol. The monoisotopic (exact) mass is 214 g/mol. The van der Waals surface area contributed by atoms with Crippen molar-refractivity contribution in [3.8, 4) is 0 Å². The number of thiazole rings is 1. The molecule has 0 aliphatic heterocycles. The minimum Gasteiger partial charge on any atom is -0.481 e. The maximum atomic E-state index is 10.7. The molecule has 1 aromatic heterocycles. The third-order valence-corrected chi connectivity index (χ3v) is 2.42. The van der Waals surface area contributed by atoms with Gasteiger partial charge in [0.25, 0.3) is 0 Å². The molecular weight excluding hydrogens is 204 g/mol. The lowest BCUT2D eigenvalue weighted by atomic mass is 10.3. The highest BCUT2D eigenvalue weighted by Crippen LogP contribution is 2.22. The van der Waals surface area contributed by atoms with Crippen LogP contribution >= 0.6 is 11.3 Å². The van der Waals surface area contributed by atoms with Crippen molar-refractivity contribution in [2.75, 3.05) is 5.32 Å². The van der Waals surface area contributed by atoms with Gasteiger partial charge in [-0.3, -0.25) is 9.59 Å². The van der Waals surface area contributed by atoms with E-state index in [1.54, 1.807) is 6.92 Å². The molecule has 0 radical (unpaired) electrons. The van der Waals surface area contributed by atoms with Crippen molar-refractivity contribution >= 4 is 28.3 Å². The molecule has 0 fully saturated rings. The van der Waals surface area contributed by atoms with Crippen molar-refractivity contribution in [1.82, 2.24) is 4.98 Å². The maximum absolute atomic E-state index is 10.7. The largest absolute Gasteiger partial charge is 0.481 e. The highest BCUT2D eigenvalue weighted by Gasteiger charge is 2.11. The van der Waals surface area contributed by atoms with Crippen LogP contribution in [0.4, 0.5) is 5.13 Å². The molecule has 0 aliphatic rings. The zero-order valence-corrected chi connectivity index (χ0v) is 8.64. The summed E-state index contributed by atoms with van der Waals surface area (Å²) in [6, 6.07) is 0. The molecule has 1 heterocycles. The molecule has 1 amide bonds. The molecule has 0 saturated heterocycles. The molecule has 5 nitrogen and oxygen atoms in total. The van der Waals surface area contributed by atoms with Crippen molar-refractivity contribution in [2.24, 2.45) is 0 Å². The lowest BCUT2D eigenvalue weighted by Crippen LogP contribution is -2.06. The molecule has 14 heavy (non-hydrogen) atoms. The summed E-state index contributed by atoms with van der Waals surface area (Å²) in [4.78, 5) is 25.9. The number of nitrogens with one attached hydrogen (secondary N) is 1. The Balaban J connectivity index is 2.81. The maximum Gasteiger partial charge on any atom is 0.309 e. The molecule has 0 bridgehead atoms. The summed E-state index contributed by atoms with van der Waals surface area (Å²) in [6.45, 7) is 3.16. The summed E-state index contributed by atoms with van der Waals surface area (Å²) in [7, 11) is 0. The van der Waals surface area contributed by atoms with E-state index in [0.717, 1.165) is 4.88 Å². The van der Waals surface area contributed by atoms with E-state index in [9.17, 15) is 9.59 Å². The van der Waals surface area contributed by atoms with Crippen molar-refractivity contribution in [3.05, 3.63) is 10.6 Å². The number of carbonyl (C=O) groups is 2. The molecule has 0 spiro atoms. The zero-order valence-electron chi connectivity index (χ0n) is 7.83. The van der Waals surface area contributed by atoms with Gasteiger partial charge < -0.3 is 10.4 Å². The Labute approximate surface area is 84.8 Å². The number of hydrogen-bond donors (Lipinski definition) is 2. The number of carboxylic acid groups (broad SMARTS) is 1. The fourth-order valence-electron chi connectivity index (χ4n) is 0.939. The van der Waals surface area contributed by atoms with E-state index in [-0.39, 0.29) is 12.3 Å². The minimum absolute atomic E-state index is 0.109. The van der Waals surface area contributed by atoms with Gasteiger partial charge >= 0.3 is 5.97 Å². The first kappa shape index (κ1) is 10.6. The van der Waals surface area contributed by atoms with Crippen LogP contribution in [0, 0.1) is 6.92 Å². The number of amides is 1. The Hall–Kier alpha value is -1.43. The first-order valence-corrected chi connectivity index (χ1v) is 4.76. The smallest absolute Gasteiger partial charge is 0.309 e. The molecule has 1 aromatic rings. The van der Waals surface area contributed by atoms with E-state index in [0.29, 0.717) is 10.8 Å². The van der Waals surface area contributed by atoms with Crippen molar-refractivity contribution < 1.29 is 14.7 Å². The second-order valence-electron chi connectivity index (χ2n) is 2.77. The van der Waals surface area contributed by atoms with Crippen LogP contribution in [0.15, 0.2) is 0 Å². The predicted molar refractivity (Wildman–Crippen MR) is 52.5 cm³/mol. The quantitative estimate of drug-likeness (QED) is 0.787. The van der Waals surface area contributed by atoms with E-state index in [1.165, 1.54) is 18.3 Å². The third kappa shape index (κ3) is 2.81. The Bertz CT molecular complexity index is 373. The Morgan fingerprint density at radius 2 is 2.21 bits per heavy atom. The fourth-order valence-corrected chi connectivity index (χ4v) is 1.82. The molecule has 0 aliphatic carbocycles. The van der Waals surface area contributed by atoms with E-state index < -0.39 is 5.97 Å². The molecular formula is C8H10N2O3S. The molecule has 1 rings (SSSR count). The van der Waals surface area contributed by atoms with Crippen LogP contribution in [-0.4, -0.2) is 22.0 Å². The number of hydrogen-bond acceptors (Lipinski definition) is 4. The minimum atomic E-state index is -0.923. The van der Waals surface area contributed by atoms with Crippen molar-refractivity contribution in [3.63, 3.8) is 0 Å². The van der Waals surface area contributed by atoms with Crippen LogP contribution in [0.3, 0.4) is 0 Å². The van der Waals surface area contributed by atoms with Crippen molar-refractivity contribution in [2.45, 2.75) is 20.3 Å². The SMILES string of the molecule is CC(=O)Nc1nc(CC(=O)O)c(C)s1. The Morgan fingerprint density at radius 1 is 1.57 bits per heavy atom. The van der Waals surface area contributed by atoms with Gasteiger partial charge in [-0.05, 0) is 6.92 Å². The van der Waals surface area contributed by atoms with E-state index in [2.05, 4.69) is 10.3 Å². The number of rotatable bonds is 3. The summed E-state index contributed by atoms with van der Waals surface area (Å²) in [5, 5.41) is 11.5. The number of carboxylic acids is 1. The van der Waals surface area contributed by atoms with Gasteiger partial charge in [0, 0.05) is 11.8 Å². The molecule has 6 heteroatoms. The molecule has 2 N–H and O–H groups in total. The Morgan fingerprint density at radius 3 is 2.71 bits per heavy atom. The summed E-state index contributed by atoms with van der Waals surface area (Å²) in [5.74, 6) is -1.13. The second-order valence-corrected chi connectivity index (χ2v) is 3.98. The number of aromatic nitrogens is 1. The molecule has 0 unspecified atom stereocenters. The molecule has 76 valence electrons. The third-order valence-electron chi connectivity index (χ3n) is 1.49. The number of nitrogens with zero attached hydrogens (tertiary/aromatic N) is 1. The van der Waals surface area contributed by atoms with Crippen LogP contribution in [0.5, 0.6) is 0 Å². The molecule has 0 atom stereocenters. The molecule has 0 aromatic carbocycles. The Kier molecular flexibility index (Phi) is 3.19. The fraction of sp³-hybridized carbons (Fsp3) is 0.375. The number of carbonyl (C=O) groups excluding carboxylic acids is 1. The lowest BCUT2D eigenvalue weighted by Gasteiger charge is -1.92. The van der Waals surface area contributed by atoms with Gasteiger partial charge in [0.15, 0.2) is 5.13 Å². The van der Waals surface area contributed by atoms with Crippen molar-refractivity contribution in [1.29, 1.82) is 0 Å². The average Bonchev–Trinajstić information content (AvgIpc) is 2.28.